The van der Waals surface area contributed by atoms with E-state index in [1.54, 1.807) is 14.2 Å². The maximum atomic E-state index is 5.40. The summed E-state index contributed by atoms with van der Waals surface area (Å²) < 4.78 is 16.0. The molecule has 118 valence electrons. The van der Waals surface area contributed by atoms with Gasteiger partial charge >= 0.3 is 0 Å². The van der Waals surface area contributed by atoms with Gasteiger partial charge in [-0.15, -0.1) is 0 Å². The Labute approximate surface area is 127 Å². The number of nitrogens with one attached hydrogen (secondary N) is 1. The van der Waals surface area contributed by atoms with E-state index in [-0.39, 0.29) is 0 Å². The van der Waals surface area contributed by atoms with E-state index in [1.807, 2.05) is 6.07 Å². The second kappa shape index (κ2) is 8.25. The van der Waals surface area contributed by atoms with Gasteiger partial charge in [-0.25, -0.2) is 0 Å². The number of benzene rings is 1. The van der Waals surface area contributed by atoms with Crippen LogP contribution in [0, 0.1) is 5.92 Å². The highest BCUT2D eigenvalue weighted by Crippen LogP contribution is 2.28. The summed E-state index contributed by atoms with van der Waals surface area (Å²) in [6, 6.07) is 6.58. The Kier molecular flexibility index (Phi) is 6.33. The van der Waals surface area contributed by atoms with Crippen LogP contribution in [0.3, 0.4) is 0 Å². The Morgan fingerprint density at radius 3 is 2.76 bits per heavy atom. The van der Waals surface area contributed by atoms with Crippen LogP contribution in [0.2, 0.25) is 0 Å². The topological polar surface area (TPSA) is 39.7 Å². The quantitative estimate of drug-likeness (QED) is 0.800. The van der Waals surface area contributed by atoms with Crippen LogP contribution in [0.4, 0.5) is 0 Å². The normalized spacial score (nSPS) is 19.5. The molecule has 1 saturated heterocycles. The smallest absolute Gasteiger partial charge is 0.160 e. The minimum absolute atomic E-state index is 0.449. The summed E-state index contributed by atoms with van der Waals surface area (Å²) in [6.45, 7) is 5.15. The number of ether oxygens (including phenoxy) is 3. The van der Waals surface area contributed by atoms with Crippen LogP contribution in [-0.4, -0.2) is 40.0 Å². The molecule has 21 heavy (non-hydrogen) atoms. The van der Waals surface area contributed by atoms with Crippen molar-refractivity contribution in [1.82, 2.24) is 5.32 Å². The first-order valence-corrected chi connectivity index (χ1v) is 7.75. The van der Waals surface area contributed by atoms with Crippen molar-refractivity contribution in [3.8, 4) is 11.5 Å². The molecule has 4 nitrogen and oxygen atoms in total. The zero-order chi connectivity index (χ0) is 15.1. The molecule has 1 heterocycles. The van der Waals surface area contributed by atoms with Gasteiger partial charge in [0.15, 0.2) is 11.5 Å². The molecule has 1 aliphatic rings. The van der Waals surface area contributed by atoms with E-state index in [0.717, 1.165) is 43.6 Å². The fourth-order valence-electron chi connectivity index (χ4n) is 2.78. The largest absolute Gasteiger partial charge is 0.493 e. The van der Waals surface area contributed by atoms with Crippen LogP contribution in [0.1, 0.15) is 25.3 Å². The van der Waals surface area contributed by atoms with Crippen LogP contribution < -0.4 is 14.8 Å². The van der Waals surface area contributed by atoms with Gasteiger partial charge < -0.3 is 19.5 Å². The molecule has 1 N–H and O–H groups in total. The van der Waals surface area contributed by atoms with E-state index in [9.17, 15) is 0 Å². The number of methoxy groups -OCH3 is 2. The van der Waals surface area contributed by atoms with Crippen LogP contribution in [0.25, 0.3) is 0 Å². The fourth-order valence-corrected chi connectivity index (χ4v) is 2.78. The molecule has 0 radical (unpaired) electrons. The van der Waals surface area contributed by atoms with Crippen LogP contribution in [0.15, 0.2) is 18.2 Å². The minimum Gasteiger partial charge on any atom is -0.493 e. The molecule has 2 atom stereocenters. The van der Waals surface area contributed by atoms with Gasteiger partial charge in [-0.1, -0.05) is 6.07 Å². The third-order valence-corrected chi connectivity index (χ3v) is 4.06. The average Bonchev–Trinajstić information content (AvgIpc) is 3.00. The van der Waals surface area contributed by atoms with E-state index in [1.165, 1.54) is 18.4 Å². The van der Waals surface area contributed by atoms with Gasteiger partial charge in [-0.05, 0) is 56.3 Å². The Morgan fingerprint density at radius 2 is 2.10 bits per heavy atom. The molecule has 2 rings (SSSR count). The van der Waals surface area contributed by atoms with Gasteiger partial charge in [-0.2, -0.15) is 0 Å². The van der Waals surface area contributed by atoms with Crippen LogP contribution in [0.5, 0.6) is 11.5 Å². The molecule has 0 aromatic heterocycles. The molecule has 1 aromatic carbocycles. The van der Waals surface area contributed by atoms with E-state index in [4.69, 9.17) is 14.2 Å². The van der Waals surface area contributed by atoms with Gasteiger partial charge in [0.2, 0.25) is 0 Å². The summed E-state index contributed by atoms with van der Waals surface area (Å²) >= 11 is 0. The average molecular weight is 293 g/mol. The van der Waals surface area contributed by atoms with Gasteiger partial charge in [0.1, 0.15) is 0 Å². The van der Waals surface area contributed by atoms with Crippen molar-refractivity contribution in [3.63, 3.8) is 0 Å². The zero-order valence-corrected chi connectivity index (χ0v) is 13.4. The number of hydrogen-bond acceptors (Lipinski definition) is 4. The second-order valence-electron chi connectivity index (χ2n) is 5.77. The van der Waals surface area contributed by atoms with Gasteiger partial charge in [0, 0.05) is 19.3 Å². The summed E-state index contributed by atoms with van der Waals surface area (Å²) in [7, 11) is 3.33. The summed E-state index contributed by atoms with van der Waals surface area (Å²) in [5, 5.41) is 3.60. The predicted molar refractivity (Wildman–Crippen MR) is 84.3 cm³/mol. The Balaban J connectivity index is 1.77. The van der Waals surface area contributed by atoms with E-state index < -0.39 is 0 Å². The van der Waals surface area contributed by atoms with Crippen molar-refractivity contribution in [2.75, 3.05) is 34.0 Å². The van der Waals surface area contributed by atoms with Crippen LogP contribution >= 0.6 is 0 Å². The standard InChI is InChI=1S/C17H27NO3/c1-13(18-8-6-14-7-9-21-12-14)10-15-4-5-16(19-2)17(11-15)20-3/h4-5,11,13-14,18H,6-10,12H2,1-3H3. The molecule has 0 bridgehead atoms. The van der Waals surface area contributed by atoms with E-state index >= 15 is 0 Å². The highest BCUT2D eigenvalue weighted by Gasteiger charge is 2.15. The lowest BCUT2D eigenvalue weighted by molar-refractivity contribution is 0.184. The second-order valence-corrected chi connectivity index (χ2v) is 5.77. The summed E-state index contributed by atoms with van der Waals surface area (Å²) in [5.41, 5.74) is 1.26. The van der Waals surface area contributed by atoms with E-state index in [2.05, 4.69) is 24.4 Å². The lowest BCUT2D eigenvalue weighted by atomic mass is 10.0. The molecule has 4 heteroatoms. The Morgan fingerprint density at radius 1 is 1.29 bits per heavy atom. The summed E-state index contributed by atoms with van der Waals surface area (Å²) in [6.07, 6.45) is 3.41. The highest BCUT2D eigenvalue weighted by atomic mass is 16.5. The first-order valence-electron chi connectivity index (χ1n) is 7.75. The lowest BCUT2D eigenvalue weighted by Crippen LogP contribution is -2.30. The third kappa shape index (κ3) is 4.90. The summed E-state index contributed by atoms with van der Waals surface area (Å²) in [4.78, 5) is 0. The fraction of sp³-hybridized carbons (Fsp3) is 0.647. The molecule has 0 spiro atoms. The van der Waals surface area contributed by atoms with Gasteiger partial charge in [0.25, 0.3) is 0 Å². The lowest BCUT2D eigenvalue weighted by Gasteiger charge is -2.16. The molecule has 1 aliphatic heterocycles. The molecular formula is C17H27NO3. The van der Waals surface area contributed by atoms with Crippen molar-refractivity contribution in [3.05, 3.63) is 23.8 Å². The molecule has 1 fully saturated rings. The molecule has 1 aromatic rings. The zero-order valence-electron chi connectivity index (χ0n) is 13.4. The third-order valence-electron chi connectivity index (χ3n) is 4.06. The monoisotopic (exact) mass is 293 g/mol. The molecule has 0 aliphatic carbocycles. The predicted octanol–water partition coefficient (Wildman–Crippen LogP) is 2.65. The number of rotatable bonds is 8. The summed E-state index contributed by atoms with van der Waals surface area (Å²) in [5.74, 6) is 2.32. The minimum atomic E-state index is 0.449. The SMILES string of the molecule is COc1ccc(CC(C)NCCC2CCOC2)cc1OC. The number of hydrogen-bond donors (Lipinski definition) is 1. The molecule has 0 amide bonds. The van der Waals surface area contributed by atoms with Crippen molar-refractivity contribution >= 4 is 0 Å². The Hall–Kier alpha value is -1.26. The van der Waals surface area contributed by atoms with Crippen LogP contribution in [-0.2, 0) is 11.2 Å². The molecular weight excluding hydrogens is 266 g/mol. The van der Waals surface area contributed by atoms with Crippen molar-refractivity contribution in [2.45, 2.75) is 32.2 Å². The van der Waals surface area contributed by atoms with Crippen molar-refractivity contribution in [2.24, 2.45) is 5.92 Å². The molecule has 2 unspecified atom stereocenters. The maximum Gasteiger partial charge on any atom is 0.160 e. The van der Waals surface area contributed by atoms with Gasteiger partial charge in [0.05, 0.1) is 14.2 Å². The van der Waals surface area contributed by atoms with Crippen molar-refractivity contribution < 1.29 is 14.2 Å². The molecule has 0 saturated carbocycles. The first kappa shape index (κ1) is 16.1. The van der Waals surface area contributed by atoms with Crippen molar-refractivity contribution in [1.29, 1.82) is 0 Å². The maximum absolute atomic E-state index is 5.40. The van der Waals surface area contributed by atoms with E-state index in [0.29, 0.717) is 6.04 Å². The highest BCUT2D eigenvalue weighted by molar-refractivity contribution is 5.43. The Bertz CT molecular complexity index is 430. The van der Waals surface area contributed by atoms with Gasteiger partial charge in [-0.3, -0.25) is 0 Å². The first-order chi connectivity index (χ1) is 10.2.